The van der Waals surface area contributed by atoms with Crippen LogP contribution in [0, 0.1) is 0 Å². The van der Waals surface area contributed by atoms with Crippen molar-refractivity contribution >= 4 is 6.03 Å². The van der Waals surface area contributed by atoms with Crippen LogP contribution in [0.3, 0.4) is 0 Å². The summed E-state index contributed by atoms with van der Waals surface area (Å²) in [5.41, 5.74) is 8.05. The van der Waals surface area contributed by atoms with Gasteiger partial charge in [0.25, 0.3) is 0 Å². The molecule has 2 N–H and O–H groups in total. The quantitative estimate of drug-likeness (QED) is 0.319. The average Bonchev–Trinajstić information content (AvgIpc) is 2.30. The minimum atomic E-state index is -0.104. The number of rotatable bonds is 5. The smallest absolute Gasteiger partial charge is 0.315 e. The number of amides is 2. The lowest BCUT2D eigenvalue weighted by molar-refractivity contribution is 0.232. The van der Waals surface area contributed by atoms with E-state index in [1.165, 1.54) is 19.3 Å². The molecule has 0 radical (unpaired) electrons. The van der Waals surface area contributed by atoms with Crippen molar-refractivity contribution in [3.8, 4) is 0 Å². The summed E-state index contributed by atoms with van der Waals surface area (Å²) in [6, 6.07) is 0.235. The first-order valence-corrected chi connectivity index (χ1v) is 5.88. The number of carbonyl (C=O) groups excluding carboxylic acids is 1. The Morgan fingerprint density at radius 1 is 1.38 bits per heavy atom. The van der Waals surface area contributed by atoms with Crippen LogP contribution in [0.1, 0.15) is 38.5 Å². The minimum Gasteiger partial charge on any atom is -0.338 e. The van der Waals surface area contributed by atoms with Gasteiger partial charge < -0.3 is 10.6 Å². The molecule has 6 heteroatoms. The van der Waals surface area contributed by atoms with E-state index >= 15 is 0 Å². The Labute approximate surface area is 95.4 Å². The molecule has 6 nitrogen and oxygen atoms in total. The molecule has 0 saturated heterocycles. The Bertz CT molecular complexity index is 256. The lowest BCUT2D eigenvalue weighted by Gasteiger charge is -2.22. The lowest BCUT2D eigenvalue weighted by atomic mass is 9.96. The standard InChI is InChI=1S/C10H19N5O/c11-15-13-8-4-7-12-10(16)14-9-5-2-1-3-6-9/h9H,1-8H2,(H2,12,14,16). The summed E-state index contributed by atoms with van der Waals surface area (Å²) in [6.07, 6.45) is 6.57. The van der Waals surface area contributed by atoms with Crippen molar-refractivity contribution < 1.29 is 4.79 Å². The summed E-state index contributed by atoms with van der Waals surface area (Å²) in [4.78, 5) is 14.1. The van der Waals surface area contributed by atoms with E-state index in [0.717, 1.165) is 12.8 Å². The number of nitrogens with zero attached hydrogens (tertiary/aromatic N) is 3. The third-order valence-corrected chi connectivity index (χ3v) is 2.72. The van der Waals surface area contributed by atoms with Gasteiger partial charge in [0, 0.05) is 24.0 Å². The van der Waals surface area contributed by atoms with Gasteiger partial charge in [0.05, 0.1) is 0 Å². The fourth-order valence-corrected chi connectivity index (χ4v) is 1.88. The van der Waals surface area contributed by atoms with E-state index in [0.29, 0.717) is 25.6 Å². The topological polar surface area (TPSA) is 89.9 Å². The van der Waals surface area contributed by atoms with Crippen molar-refractivity contribution in [3.63, 3.8) is 0 Å². The van der Waals surface area contributed by atoms with Crippen molar-refractivity contribution in [2.45, 2.75) is 44.6 Å². The number of nitrogens with one attached hydrogen (secondary N) is 2. The van der Waals surface area contributed by atoms with Gasteiger partial charge in [0.15, 0.2) is 0 Å². The molecule has 0 aromatic carbocycles. The first kappa shape index (κ1) is 12.6. The first-order chi connectivity index (χ1) is 7.83. The van der Waals surface area contributed by atoms with Crippen LogP contribution < -0.4 is 10.6 Å². The Morgan fingerprint density at radius 3 is 2.81 bits per heavy atom. The molecule has 1 rings (SSSR count). The van der Waals surface area contributed by atoms with Crippen LogP contribution in [-0.2, 0) is 0 Å². The number of carbonyl (C=O) groups is 1. The second-order valence-corrected chi connectivity index (χ2v) is 4.04. The highest BCUT2D eigenvalue weighted by Crippen LogP contribution is 2.16. The third-order valence-electron chi connectivity index (χ3n) is 2.72. The summed E-state index contributed by atoms with van der Waals surface area (Å²) >= 11 is 0. The molecule has 0 atom stereocenters. The molecule has 0 spiro atoms. The van der Waals surface area contributed by atoms with Crippen molar-refractivity contribution in [2.24, 2.45) is 5.11 Å². The normalized spacial score (nSPS) is 16.2. The summed E-state index contributed by atoms with van der Waals surface area (Å²) in [6.45, 7) is 0.984. The van der Waals surface area contributed by atoms with Crippen LogP contribution in [-0.4, -0.2) is 25.2 Å². The largest absolute Gasteiger partial charge is 0.338 e. The molecule has 2 amide bonds. The summed E-state index contributed by atoms with van der Waals surface area (Å²) in [7, 11) is 0. The maximum atomic E-state index is 11.4. The number of azide groups is 1. The van der Waals surface area contributed by atoms with Crippen LogP contribution in [0.4, 0.5) is 4.79 Å². The number of urea groups is 1. The van der Waals surface area contributed by atoms with Crippen LogP contribution in [0.25, 0.3) is 10.4 Å². The maximum Gasteiger partial charge on any atom is 0.315 e. The molecule has 0 aromatic heterocycles. The van der Waals surface area contributed by atoms with Gasteiger partial charge in [-0.05, 0) is 24.8 Å². The molecule has 1 fully saturated rings. The van der Waals surface area contributed by atoms with E-state index < -0.39 is 0 Å². The fraction of sp³-hybridized carbons (Fsp3) is 0.900. The van der Waals surface area contributed by atoms with E-state index in [-0.39, 0.29) is 6.03 Å². The molecule has 90 valence electrons. The molecule has 0 heterocycles. The van der Waals surface area contributed by atoms with Crippen molar-refractivity contribution in [3.05, 3.63) is 10.4 Å². The summed E-state index contributed by atoms with van der Waals surface area (Å²) < 4.78 is 0. The van der Waals surface area contributed by atoms with Gasteiger partial charge in [-0.1, -0.05) is 24.4 Å². The molecule has 16 heavy (non-hydrogen) atoms. The highest BCUT2D eigenvalue weighted by Gasteiger charge is 2.14. The summed E-state index contributed by atoms with van der Waals surface area (Å²) in [5, 5.41) is 9.10. The van der Waals surface area contributed by atoms with E-state index in [1.54, 1.807) is 0 Å². The van der Waals surface area contributed by atoms with E-state index in [2.05, 4.69) is 20.7 Å². The molecule has 1 aliphatic carbocycles. The lowest BCUT2D eigenvalue weighted by Crippen LogP contribution is -2.43. The average molecular weight is 225 g/mol. The SMILES string of the molecule is [N-]=[N+]=NCCCNC(=O)NC1CCCCC1. The molecule has 0 bridgehead atoms. The van der Waals surface area contributed by atoms with Gasteiger partial charge in [-0.2, -0.15) is 0 Å². The maximum absolute atomic E-state index is 11.4. The number of hydrogen-bond donors (Lipinski definition) is 2. The Morgan fingerprint density at radius 2 is 2.12 bits per heavy atom. The van der Waals surface area contributed by atoms with E-state index in [9.17, 15) is 4.79 Å². The van der Waals surface area contributed by atoms with Crippen LogP contribution in [0.5, 0.6) is 0 Å². The highest BCUT2D eigenvalue weighted by atomic mass is 16.2. The van der Waals surface area contributed by atoms with Gasteiger partial charge in [-0.3, -0.25) is 0 Å². The van der Waals surface area contributed by atoms with Gasteiger partial charge in [0.2, 0.25) is 0 Å². The van der Waals surface area contributed by atoms with Crippen molar-refractivity contribution in [1.82, 2.24) is 10.6 Å². The van der Waals surface area contributed by atoms with Gasteiger partial charge in [0.1, 0.15) is 0 Å². The second kappa shape index (κ2) is 7.82. The zero-order valence-corrected chi connectivity index (χ0v) is 9.48. The fourth-order valence-electron chi connectivity index (χ4n) is 1.88. The predicted octanol–water partition coefficient (Wildman–Crippen LogP) is 2.32. The van der Waals surface area contributed by atoms with Gasteiger partial charge in [-0.15, -0.1) is 0 Å². The Kier molecular flexibility index (Phi) is 6.18. The number of hydrogen-bond acceptors (Lipinski definition) is 2. The van der Waals surface area contributed by atoms with Crippen LogP contribution in [0.2, 0.25) is 0 Å². The van der Waals surface area contributed by atoms with Gasteiger partial charge >= 0.3 is 6.03 Å². The molecule has 0 unspecified atom stereocenters. The summed E-state index contributed by atoms with van der Waals surface area (Å²) in [5.74, 6) is 0. The Balaban J connectivity index is 2.03. The second-order valence-electron chi connectivity index (χ2n) is 4.04. The van der Waals surface area contributed by atoms with Crippen molar-refractivity contribution in [1.29, 1.82) is 0 Å². The zero-order chi connectivity index (χ0) is 11.6. The molecule has 1 aliphatic rings. The minimum absolute atomic E-state index is 0.104. The van der Waals surface area contributed by atoms with E-state index in [4.69, 9.17) is 5.53 Å². The van der Waals surface area contributed by atoms with Crippen LogP contribution in [0.15, 0.2) is 5.11 Å². The molecule has 1 saturated carbocycles. The van der Waals surface area contributed by atoms with E-state index in [1.807, 2.05) is 0 Å². The van der Waals surface area contributed by atoms with Crippen LogP contribution >= 0.6 is 0 Å². The van der Waals surface area contributed by atoms with Crippen molar-refractivity contribution in [2.75, 3.05) is 13.1 Å². The van der Waals surface area contributed by atoms with Gasteiger partial charge in [-0.25, -0.2) is 4.79 Å². The monoisotopic (exact) mass is 225 g/mol. The molecular formula is C10H19N5O. The molecular weight excluding hydrogens is 206 g/mol. The third kappa shape index (κ3) is 5.46. The predicted molar refractivity (Wildman–Crippen MR) is 62.0 cm³/mol. The molecule has 0 aliphatic heterocycles. The highest BCUT2D eigenvalue weighted by molar-refractivity contribution is 5.74. The zero-order valence-electron chi connectivity index (χ0n) is 9.48. The Hall–Kier alpha value is -1.42. The first-order valence-electron chi connectivity index (χ1n) is 5.88. The molecule has 0 aromatic rings.